The van der Waals surface area contributed by atoms with Gasteiger partial charge in [-0.3, -0.25) is 9.59 Å². The van der Waals surface area contributed by atoms with Crippen LogP contribution >= 0.6 is 11.8 Å². The van der Waals surface area contributed by atoms with Gasteiger partial charge in [-0.2, -0.15) is 4.98 Å². The zero-order valence-corrected chi connectivity index (χ0v) is 19.5. The molecule has 0 bridgehead atoms. The normalized spacial score (nSPS) is 15.1. The van der Waals surface area contributed by atoms with Crippen molar-refractivity contribution < 1.29 is 13.9 Å². The number of ether oxygens (including phenoxy) is 1. The summed E-state index contributed by atoms with van der Waals surface area (Å²) >= 11 is 1.36. The molecule has 1 aliphatic heterocycles. The van der Waals surface area contributed by atoms with Crippen LogP contribution in [0.3, 0.4) is 0 Å². The maximum Gasteiger partial charge on any atom is 0.279 e. The molecule has 1 unspecified atom stereocenters. The molecule has 1 aliphatic rings. The van der Waals surface area contributed by atoms with E-state index in [4.69, 9.17) is 4.74 Å². The van der Waals surface area contributed by atoms with Crippen molar-refractivity contribution in [3.05, 3.63) is 81.4 Å². The van der Waals surface area contributed by atoms with Gasteiger partial charge in [0.25, 0.3) is 5.56 Å². The Balaban J connectivity index is 1.68. The van der Waals surface area contributed by atoms with Crippen molar-refractivity contribution in [3.63, 3.8) is 0 Å². The van der Waals surface area contributed by atoms with Crippen molar-refractivity contribution in [2.75, 3.05) is 11.9 Å². The van der Waals surface area contributed by atoms with E-state index in [0.717, 1.165) is 24.0 Å². The summed E-state index contributed by atoms with van der Waals surface area (Å²) in [6, 6.07) is 13.8. The van der Waals surface area contributed by atoms with Gasteiger partial charge < -0.3 is 14.6 Å². The van der Waals surface area contributed by atoms with E-state index in [1.807, 2.05) is 24.3 Å². The van der Waals surface area contributed by atoms with E-state index in [2.05, 4.69) is 17.2 Å². The highest BCUT2D eigenvalue weighted by Crippen LogP contribution is 2.39. The smallest absolute Gasteiger partial charge is 0.279 e. The van der Waals surface area contributed by atoms with Gasteiger partial charge in [0.2, 0.25) is 5.91 Å². The number of rotatable bonds is 8. The molecule has 0 spiro atoms. The van der Waals surface area contributed by atoms with Gasteiger partial charge in [0.15, 0.2) is 5.16 Å². The summed E-state index contributed by atoms with van der Waals surface area (Å²) in [5, 5.41) is 3.35. The minimum atomic E-state index is -0.436. The third-order valence-electron chi connectivity index (χ3n) is 5.63. The molecule has 3 aromatic rings. The Morgan fingerprint density at radius 1 is 1.18 bits per heavy atom. The molecular weight excluding hydrogens is 441 g/mol. The number of hydrogen-bond donors (Lipinski definition) is 1. The van der Waals surface area contributed by atoms with Crippen molar-refractivity contribution in [2.24, 2.45) is 7.05 Å². The Morgan fingerprint density at radius 3 is 2.70 bits per heavy atom. The van der Waals surface area contributed by atoms with Gasteiger partial charge in [0.05, 0.1) is 12.2 Å². The second-order valence-electron chi connectivity index (χ2n) is 7.98. The number of thioether (sulfide) groups is 1. The Kier molecular flexibility index (Phi) is 7.13. The molecule has 2 aromatic carbocycles. The molecular formula is C25H26FN3O3S. The third kappa shape index (κ3) is 5.11. The number of carbonyl (C=O) groups is 1. The first-order valence-electron chi connectivity index (χ1n) is 11.0. The molecule has 0 saturated heterocycles. The molecule has 172 valence electrons. The lowest BCUT2D eigenvalue weighted by Gasteiger charge is -2.28. The van der Waals surface area contributed by atoms with Crippen LogP contribution in [0.15, 0.2) is 58.5 Å². The lowest BCUT2D eigenvalue weighted by Crippen LogP contribution is -2.33. The number of hydrogen-bond acceptors (Lipinski definition) is 5. The van der Waals surface area contributed by atoms with E-state index in [1.165, 1.54) is 23.9 Å². The number of fused-ring (bicyclic) bond motifs is 1. The van der Waals surface area contributed by atoms with Crippen LogP contribution in [0.5, 0.6) is 5.75 Å². The fourth-order valence-electron chi connectivity index (χ4n) is 3.88. The van der Waals surface area contributed by atoms with E-state index in [0.29, 0.717) is 34.6 Å². The van der Waals surface area contributed by atoms with Crippen LogP contribution in [-0.4, -0.2) is 22.1 Å². The van der Waals surface area contributed by atoms with Crippen molar-refractivity contribution >= 4 is 23.5 Å². The van der Waals surface area contributed by atoms with E-state index in [-0.39, 0.29) is 23.7 Å². The van der Waals surface area contributed by atoms with Crippen molar-refractivity contribution in [1.29, 1.82) is 0 Å². The summed E-state index contributed by atoms with van der Waals surface area (Å²) in [6.45, 7) is 2.67. The molecule has 4 rings (SSSR count). The second kappa shape index (κ2) is 10.2. The molecule has 0 radical (unpaired) electrons. The summed E-state index contributed by atoms with van der Waals surface area (Å²) in [4.78, 5) is 30.1. The number of amides is 1. The predicted octanol–water partition coefficient (Wildman–Crippen LogP) is 4.86. The molecule has 1 N–H and O–H groups in total. The molecule has 1 atom stereocenters. The maximum atomic E-state index is 13.2. The largest absolute Gasteiger partial charge is 0.493 e. The lowest BCUT2D eigenvalue weighted by molar-refractivity contribution is -0.116. The summed E-state index contributed by atoms with van der Waals surface area (Å²) < 4.78 is 20.9. The minimum absolute atomic E-state index is 0.153. The summed E-state index contributed by atoms with van der Waals surface area (Å²) in [6.07, 6.45) is 2.09. The summed E-state index contributed by atoms with van der Waals surface area (Å²) in [5.41, 5.74) is 1.83. The fourth-order valence-corrected chi connectivity index (χ4v) is 4.81. The number of benzene rings is 2. The molecule has 2 heterocycles. The fraction of sp³-hybridized carbons (Fsp3) is 0.320. The van der Waals surface area contributed by atoms with Gasteiger partial charge in [0.1, 0.15) is 17.4 Å². The Hall–Kier alpha value is -3.13. The molecule has 1 amide bonds. The molecule has 33 heavy (non-hydrogen) atoms. The SMILES string of the molecule is CCCCOc1ccccc1C1CC(=O)Nc2c1c(=O)nc(SCc1ccc(F)cc1)n2C. The highest BCUT2D eigenvalue weighted by atomic mass is 32.2. The summed E-state index contributed by atoms with van der Waals surface area (Å²) in [7, 11) is 1.78. The molecule has 6 nitrogen and oxygen atoms in total. The number of anilines is 1. The standard InChI is InChI=1S/C25H26FN3O3S/c1-3-4-13-32-20-8-6-5-7-18(20)19-14-21(30)27-23-22(19)24(31)28-25(29(23)2)33-15-16-9-11-17(26)12-10-16/h5-12,19H,3-4,13-15H2,1-2H3,(H,27,30). The van der Waals surface area contributed by atoms with Crippen LogP contribution in [0.25, 0.3) is 0 Å². The van der Waals surface area contributed by atoms with E-state index in [9.17, 15) is 14.0 Å². The Morgan fingerprint density at radius 2 is 1.94 bits per heavy atom. The van der Waals surface area contributed by atoms with Gasteiger partial charge in [-0.15, -0.1) is 0 Å². The second-order valence-corrected chi connectivity index (χ2v) is 8.92. The third-order valence-corrected chi connectivity index (χ3v) is 6.73. The van der Waals surface area contributed by atoms with E-state index in [1.54, 1.807) is 23.7 Å². The number of para-hydroxylation sites is 1. The molecule has 0 fully saturated rings. The van der Waals surface area contributed by atoms with E-state index < -0.39 is 5.92 Å². The zero-order valence-electron chi connectivity index (χ0n) is 18.6. The first kappa shape index (κ1) is 23.0. The van der Waals surface area contributed by atoms with Gasteiger partial charge in [-0.05, 0) is 30.2 Å². The lowest BCUT2D eigenvalue weighted by atomic mass is 9.86. The quantitative estimate of drug-likeness (QED) is 0.291. The number of carbonyl (C=O) groups excluding carboxylic acids is 1. The van der Waals surface area contributed by atoms with Crippen LogP contribution in [-0.2, 0) is 17.6 Å². The molecule has 0 saturated carbocycles. The zero-order chi connectivity index (χ0) is 23.4. The maximum absolute atomic E-state index is 13.2. The average molecular weight is 468 g/mol. The first-order chi connectivity index (χ1) is 16.0. The van der Waals surface area contributed by atoms with Crippen molar-refractivity contribution in [2.45, 2.75) is 43.0 Å². The Bertz CT molecular complexity index is 1210. The van der Waals surface area contributed by atoms with E-state index >= 15 is 0 Å². The van der Waals surface area contributed by atoms with Crippen LogP contribution in [0.2, 0.25) is 0 Å². The highest BCUT2D eigenvalue weighted by molar-refractivity contribution is 7.98. The first-order valence-corrected chi connectivity index (χ1v) is 12.0. The molecule has 1 aromatic heterocycles. The van der Waals surface area contributed by atoms with Crippen LogP contribution in [0.1, 0.15) is 48.8 Å². The van der Waals surface area contributed by atoms with Crippen LogP contribution in [0, 0.1) is 5.82 Å². The highest BCUT2D eigenvalue weighted by Gasteiger charge is 2.33. The predicted molar refractivity (Wildman–Crippen MR) is 127 cm³/mol. The van der Waals surface area contributed by atoms with Gasteiger partial charge >= 0.3 is 0 Å². The summed E-state index contributed by atoms with van der Waals surface area (Å²) in [5.74, 6) is 0.774. The molecule has 8 heteroatoms. The average Bonchev–Trinajstić information content (AvgIpc) is 2.81. The monoisotopic (exact) mass is 467 g/mol. The number of aromatic nitrogens is 2. The number of unbranched alkanes of at least 4 members (excludes halogenated alkanes) is 1. The van der Waals surface area contributed by atoms with Gasteiger partial charge in [-0.1, -0.05) is 55.4 Å². The van der Waals surface area contributed by atoms with Crippen molar-refractivity contribution in [3.8, 4) is 5.75 Å². The van der Waals surface area contributed by atoms with Gasteiger partial charge in [-0.25, -0.2) is 4.39 Å². The number of nitrogens with zero attached hydrogens (tertiary/aromatic N) is 2. The van der Waals surface area contributed by atoms with Crippen LogP contribution < -0.4 is 15.6 Å². The van der Waals surface area contributed by atoms with Crippen molar-refractivity contribution in [1.82, 2.24) is 9.55 Å². The number of halogens is 1. The molecule has 0 aliphatic carbocycles. The topological polar surface area (TPSA) is 73.2 Å². The number of nitrogens with one attached hydrogen (secondary N) is 1. The van der Waals surface area contributed by atoms with Gasteiger partial charge in [0, 0.05) is 30.7 Å². The minimum Gasteiger partial charge on any atom is -0.493 e. The Labute approximate surface area is 196 Å². The van der Waals surface area contributed by atoms with Crippen LogP contribution in [0.4, 0.5) is 10.2 Å².